The van der Waals surface area contributed by atoms with Gasteiger partial charge in [0.25, 0.3) is 0 Å². The number of aromatic nitrogens is 2. The van der Waals surface area contributed by atoms with Crippen molar-refractivity contribution in [2.45, 2.75) is 13.5 Å². The zero-order valence-electron chi connectivity index (χ0n) is 10.5. The van der Waals surface area contributed by atoms with Gasteiger partial charge >= 0.3 is 5.97 Å². The van der Waals surface area contributed by atoms with Gasteiger partial charge in [-0.2, -0.15) is 0 Å². The lowest BCUT2D eigenvalue weighted by molar-refractivity contribution is 0.0588. The number of aryl methyl sites for hydroxylation is 1. The highest BCUT2D eigenvalue weighted by molar-refractivity contribution is 6.31. The van der Waals surface area contributed by atoms with E-state index >= 15 is 0 Å². The topological polar surface area (TPSA) is 44.1 Å². The highest BCUT2D eigenvalue weighted by atomic mass is 35.5. The standard InChI is InChI=1S/C13H12ClFN2O2/c1-8-16-6-12(13(18)19-2)17(8)7-9-10(14)4-3-5-11(9)15/h3-6H,7H2,1-2H3. The molecule has 0 unspecified atom stereocenters. The van der Waals surface area contributed by atoms with Gasteiger partial charge in [-0.05, 0) is 19.1 Å². The van der Waals surface area contributed by atoms with E-state index in [1.165, 1.54) is 25.4 Å². The molecule has 1 aromatic heterocycles. The van der Waals surface area contributed by atoms with Crippen LogP contribution in [-0.4, -0.2) is 22.6 Å². The van der Waals surface area contributed by atoms with Crippen LogP contribution in [0.15, 0.2) is 24.4 Å². The number of hydrogen-bond donors (Lipinski definition) is 0. The second kappa shape index (κ2) is 5.40. The largest absolute Gasteiger partial charge is 0.464 e. The van der Waals surface area contributed by atoms with Crippen LogP contribution in [0.25, 0.3) is 0 Å². The fourth-order valence-corrected chi connectivity index (χ4v) is 2.00. The Balaban J connectivity index is 2.44. The van der Waals surface area contributed by atoms with Gasteiger partial charge in [0, 0.05) is 10.6 Å². The average Bonchev–Trinajstić information content (AvgIpc) is 2.74. The highest BCUT2D eigenvalue weighted by Crippen LogP contribution is 2.21. The fraction of sp³-hybridized carbons (Fsp3) is 0.231. The monoisotopic (exact) mass is 282 g/mol. The van der Waals surface area contributed by atoms with Crippen LogP contribution >= 0.6 is 11.6 Å². The van der Waals surface area contributed by atoms with Crippen molar-refractivity contribution in [3.8, 4) is 0 Å². The van der Waals surface area contributed by atoms with E-state index in [1.807, 2.05) is 0 Å². The lowest BCUT2D eigenvalue weighted by Gasteiger charge is -2.11. The summed E-state index contributed by atoms with van der Waals surface area (Å²) < 4.78 is 20.0. The number of rotatable bonds is 3. The van der Waals surface area contributed by atoms with Crippen molar-refractivity contribution in [2.75, 3.05) is 7.11 Å². The minimum absolute atomic E-state index is 0.127. The quantitative estimate of drug-likeness (QED) is 0.813. The van der Waals surface area contributed by atoms with E-state index in [2.05, 4.69) is 9.72 Å². The number of nitrogens with zero attached hydrogens (tertiary/aromatic N) is 2. The summed E-state index contributed by atoms with van der Waals surface area (Å²) in [7, 11) is 1.28. The number of carbonyl (C=O) groups is 1. The third-order valence-electron chi connectivity index (χ3n) is 2.83. The zero-order valence-corrected chi connectivity index (χ0v) is 11.2. The summed E-state index contributed by atoms with van der Waals surface area (Å²) in [5, 5.41) is 0.309. The van der Waals surface area contributed by atoms with Gasteiger partial charge in [-0.15, -0.1) is 0 Å². The SMILES string of the molecule is COC(=O)c1cnc(C)n1Cc1c(F)cccc1Cl. The summed E-state index contributed by atoms with van der Waals surface area (Å²) in [5.74, 6) is -0.357. The Hall–Kier alpha value is -1.88. The van der Waals surface area contributed by atoms with Gasteiger partial charge in [0.1, 0.15) is 17.3 Å². The Labute approximate surface area is 114 Å². The number of ether oxygens (including phenoxy) is 1. The van der Waals surface area contributed by atoms with Gasteiger partial charge in [-0.3, -0.25) is 0 Å². The van der Waals surface area contributed by atoms with Crippen LogP contribution in [-0.2, 0) is 11.3 Å². The van der Waals surface area contributed by atoms with Crippen molar-refractivity contribution in [1.82, 2.24) is 9.55 Å². The molecule has 100 valence electrons. The lowest BCUT2D eigenvalue weighted by Crippen LogP contribution is -2.13. The minimum Gasteiger partial charge on any atom is -0.464 e. The summed E-state index contributed by atoms with van der Waals surface area (Å²) in [6, 6.07) is 4.46. The Morgan fingerprint density at radius 3 is 2.89 bits per heavy atom. The first-order valence-corrected chi connectivity index (χ1v) is 5.95. The van der Waals surface area contributed by atoms with Crippen LogP contribution in [0.3, 0.4) is 0 Å². The molecule has 0 spiro atoms. The van der Waals surface area contributed by atoms with E-state index in [-0.39, 0.29) is 12.2 Å². The molecule has 2 aromatic rings. The molecular weight excluding hydrogens is 271 g/mol. The lowest BCUT2D eigenvalue weighted by atomic mass is 10.2. The summed E-state index contributed by atoms with van der Waals surface area (Å²) in [6.45, 7) is 1.85. The first-order chi connectivity index (χ1) is 9.04. The molecule has 1 aromatic carbocycles. The Bertz CT molecular complexity index is 605. The number of halogens is 2. The molecule has 19 heavy (non-hydrogen) atoms. The van der Waals surface area contributed by atoms with Crippen molar-refractivity contribution < 1.29 is 13.9 Å². The van der Waals surface area contributed by atoms with E-state index < -0.39 is 11.8 Å². The van der Waals surface area contributed by atoms with Crippen molar-refractivity contribution in [2.24, 2.45) is 0 Å². The maximum Gasteiger partial charge on any atom is 0.356 e. The molecule has 4 nitrogen and oxygen atoms in total. The first-order valence-electron chi connectivity index (χ1n) is 5.58. The first kappa shape index (κ1) is 13.5. The molecule has 0 radical (unpaired) electrons. The zero-order chi connectivity index (χ0) is 14.0. The van der Waals surface area contributed by atoms with Crippen molar-refractivity contribution >= 4 is 17.6 Å². The van der Waals surface area contributed by atoms with Crippen LogP contribution in [0.1, 0.15) is 21.9 Å². The van der Waals surface area contributed by atoms with Gasteiger partial charge in [-0.1, -0.05) is 17.7 Å². The Morgan fingerprint density at radius 2 is 2.26 bits per heavy atom. The number of benzene rings is 1. The maximum atomic E-state index is 13.8. The van der Waals surface area contributed by atoms with E-state index in [0.29, 0.717) is 16.4 Å². The maximum absolute atomic E-state index is 13.8. The smallest absolute Gasteiger partial charge is 0.356 e. The third kappa shape index (κ3) is 2.61. The molecule has 0 aliphatic rings. The molecule has 0 N–H and O–H groups in total. The van der Waals surface area contributed by atoms with E-state index in [1.54, 1.807) is 17.6 Å². The number of methoxy groups -OCH3 is 1. The molecule has 6 heteroatoms. The molecule has 0 amide bonds. The Morgan fingerprint density at radius 1 is 1.53 bits per heavy atom. The van der Waals surface area contributed by atoms with Crippen LogP contribution in [0.5, 0.6) is 0 Å². The molecule has 0 saturated heterocycles. The highest BCUT2D eigenvalue weighted by Gasteiger charge is 2.17. The van der Waals surface area contributed by atoms with Crippen LogP contribution < -0.4 is 0 Å². The Kier molecular flexibility index (Phi) is 3.85. The predicted octanol–water partition coefficient (Wildman–Crippen LogP) is 2.82. The van der Waals surface area contributed by atoms with Gasteiger partial charge in [0.2, 0.25) is 0 Å². The number of carbonyl (C=O) groups excluding carboxylic acids is 1. The number of hydrogen-bond acceptors (Lipinski definition) is 3. The average molecular weight is 283 g/mol. The molecule has 0 bridgehead atoms. The number of esters is 1. The van der Waals surface area contributed by atoms with E-state index in [4.69, 9.17) is 11.6 Å². The third-order valence-corrected chi connectivity index (χ3v) is 3.18. The van der Waals surface area contributed by atoms with Gasteiger partial charge in [0.05, 0.1) is 19.9 Å². The second-order valence-electron chi connectivity index (χ2n) is 3.97. The molecule has 0 saturated carbocycles. The summed E-state index contributed by atoms with van der Waals surface area (Å²) in [4.78, 5) is 15.6. The van der Waals surface area contributed by atoms with E-state index in [0.717, 1.165) is 0 Å². The summed E-state index contributed by atoms with van der Waals surface area (Å²) in [6.07, 6.45) is 1.40. The molecule has 0 fully saturated rings. The molecule has 0 aliphatic heterocycles. The molecule has 1 heterocycles. The van der Waals surface area contributed by atoms with Gasteiger partial charge in [-0.25, -0.2) is 14.2 Å². The van der Waals surface area contributed by atoms with Crippen LogP contribution in [0, 0.1) is 12.7 Å². The van der Waals surface area contributed by atoms with Crippen molar-refractivity contribution in [3.63, 3.8) is 0 Å². The second-order valence-corrected chi connectivity index (χ2v) is 4.38. The predicted molar refractivity (Wildman–Crippen MR) is 68.8 cm³/mol. The van der Waals surface area contributed by atoms with Crippen molar-refractivity contribution in [3.05, 3.63) is 52.3 Å². The summed E-state index contributed by atoms with van der Waals surface area (Å²) >= 11 is 5.97. The van der Waals surface area contributed by atoms with Crippen molar-refractivity contribution in [1.29, 1.82) is 0 Å². The molecular formula is C13H12ClFN2O2. The molecule has 0 aliphatic carbocycles. The van der Waals surface area contributed by atoms with Gasteiger partial charge < -0.3 is 9.30 Å². The van der Waals surface area contributed by atoms with Crippen LogP contribution in [0.2, 0.25) is 5.02 Å². The van der Waals surface area contributed by atoms with E-state index in [9.17, 15) is 9.18 Å². The fourth-order valence-electron chi connectivity index (χ4n) is 1.78. The number of imidazole rings is 1. The molecule has 2 rings (SSSR count). The summed E-state index contributed by atoms with van der Waals surface area (Å²) in [5.41, 5.74) is 0.578. The van der Waals surface area contributed by atoms with Crippen LogP contribution in [0.4, 0.5) is 4.39 Å². The normalized spacial score (nSPS) is 10.5. The molecule has 0 atom stereocenters. The minimum atomic E-state index is -0.520. The van der Waals surface area contributed by atoms with Gasteiger partial charge in [0.15, 0.2) is 0 Å².